The fourth-order valence-electron chi connectivity index (χ4n) is 1.46. The molecule has 0 radical (unpaired) electrons. The molecule has 1 aromatic heterocycles. The van der Waals surface area contributed by atoms with Crippen molar-refractivity contribution < 1.29 is 9.53 Å². The molecule has 2 N–H and O–H groups in total. The minimum atomic E-state index is -0.206. The topological polar surface area (TPSA) is 76.1 Å². The molecular weight excluding hydrogens is 232 g/mol. The van der Waals surface area contributed by atoms with Gasteiger partial charge in [-0.15, -0.1) is 0 Å². The summed E-state index contributed by atoms with van der Waals surface area (Å²) in [6.45, 7) is 7.35. The average molecular weight is 252 g/mol. The van der Waals surface area contributed by atoms with Crippen LogP contribution < -0.4 is 10.6 Å². The van der Waals surface area contributed by atoms with Gasteiger partial charge in [-0.1, -0.05) is 0 Å². The van der Waals surface area contributed by atoms with Crippen LogP contribution in [0.4, 0.5) is 11.6 Å². The molecule has 0 saturated carbocycles. The van der Waals surface area contributed by atoms with Crippen LogP contribution in [0.2, 0.25) is 0 Å². The second-order valence-electron chi connectivity index (χ2n) is 3.70. The van der Waals surface area contributed by atoms with Crippen molar-refractivity contribution in [2.45, 2.75) is 27.2 Å². The van der Waals surface area contributed by atoms with Gasteiger partial charge in [0.2, 0.25) is 0 Å². The Morgan fingerprint density at radius 3 is 2.56 bits per heavy atom. The first-order valence-electron chi connectivity index (χ1n) is 6.14. The second-order valence-corrected chi connectivity index (χ2v) is 3.70. The number of aryl methyl sites for hydroxylation is 1. The van der Waals surface area contributed by atoms with Gasteiger partial charge in [-0.25, -0.2) is 9.97 Å². The van der Waals surface area contributed by atoms with E-state index < -0.39 is 0 Å². The highest BCUT2D eigenvalue weighted by Crippen LogP contribution is 2.10. The monoisotopic (exact) mass is 252 g/mol. The van der Waals surface area contributed by atoms with Crippen LogP contribution in [0, 0.1) is 6.92 Å². The summed E-state index contributed by atoms with van der Waals surface area (Å²) in [6.07, 6.45) is 0.327. The van der Waals surface area contributed by atoms with Gasteiger partial charge >= 0.3 is 5.97 Å². The summed E-state index contributed by atoms with van der Waals surface area (Å²) < 4.78 is 4.84. The number of hydrogen-bond acceptors (Lipinski definition) is 6. The molecule has 1 rings (SSSR count). The first-order chi connectivity index (χ1) is 8.65. The molecule has 0 spiro atoms. The van der Waals surface area contributed by atoms with Gasteiger partial charge in [0.1, 0.15) is 17.5 Å². The zero-order valence-corrected chi connectivity index (χ0v) is 11.1. The van der Waals surface area contributed by atoms with Crippen LogP contribution in [-0.4, -0.2) is 35.6 Å². The van der Waals surface area contributed by atoms with E-state index in [-0.39, 0.29) is 5.97 Å². The Morgan fingerprint density at radius 1 is 1.28 bits per heavy atom. The van der Waals surface area contributed by atoms with Crippen LogP contribution in [-0.2, 0) is 9.53 Å². The molecule has 6 heteroatoms. The van der Waals surface area contributed by atoms with Crippen molar-refractivity contribution in [3.8, 4) is 0 Å². The van der Waals surface area contributed by atoms with Gasteiger partial charge < -0.3 is 15.4 Å². The van der Waals surface area contributed by atoms with Crippen molar-refractivity contribution >= 4 is 17.6 Å². The number of carbonyl (C=O) groups is 1. The Labute approximate surface area is 107 Å². The number of nitrogens with one attached hydrogen (secondary N) is 2. The summed E-state index contributed by atoms with van der Waals surface area (Å²) in [4.78, 5) is 19.6. The van der Waals surface area contributed by atoms with E-state index in [1.165, 1.54) is 0 Å². The van der Waals surface area contributed by atoms with Crippen LogP contribution in [0.25, 0.3) is 0 Å². The lowest BCUT2D eigenvalue weighted by molar-refractivity contribution is -0.142. The SMILES string of the molecule is CCNc1cc(NCCC(=O)OCC)nc(C)n1. The summed E-state index contributed by atoms with van der Waals surface area (Å²) in [5.41, 5.74) is 0. The van der Waals surface area contributed by atoms with E-state index in [0.29, 0.717) is 31.2 Å². The van der Waals surface area contributed by atoms with E-state index in [0.717, 1.165) is 12.4 Å². The van der Waals surface area contributed by atoms with E-state index in [2.05, 4.69) is 20.6 Å². The molecule has 18 heavy (non-hydrogen) atoms. The molecule has 100 valence electrons. The minimum absolute atomic E-state index is 0.206. The number of anilines is 2. The van der Waals surface area contributed by atoms with Gasteiger partial charge in [0.25, 0.3) is 0 Å². The highest BCUT2D eigenvalue weighted by Gasteiger charge is 2.03. The Morgan fingerprint density at radius 2 is 1.94 bits per heavy atom. The summed E-state index contributed by atoms with van der Waals surface area (Å²) in [5.74, 6) is 1.97. The largest absolute Gasteiger partial charge is 0.466 e. The lowest BCUT2D eigenvalue weighted by atomic mass is 10.4. The molecule has 0 unspecified atom stereocenters. The standard InChI is InChI=1S/C12H20N4O2/c1-4-13-10-8-11(16-9(3)15-10)14-7-6-12(17)18-5-2/h8H,4-7H2,1-3H3,(H2,13,14,15,16). The molecule has 0 aromatic carbocycles. The lowest BCUT2D eigenvalue weighted by Gasteiger charge is -2.08. The third kappa shape index (κ3) is 4.99. The third-order valence-electron chi connectivity index (χ3n) is 2.14. The summed E-state index contributed by atoms with van der Waals surface area (Å²) in [5, 5.41) is 6.21. The smallest absolute Gasteiger partial charge is 0.307 e. The normalized spacial score (nSPS) is 9.94. The summed E-state index contributed by atoms with van der Waals surface area (Å²) >= 11 is 0. The molecule has 0 atom stereocenters. The predicted octanol–water partition coefficient (Wildman–Crippen LogP) is 1.58. The van der Waals surface area contributed by atoms with Crippen LogP contribution >= 0.6 is 0 Å². The molecule has 1 aromatic rings. The maximum atomic E-state index is 11.2. The fraction of sp³-hybridized carbons (Fsp3) is 0.583. The van der Waals surface area contributed by atoms with Gasteiger partial charge in [0, 0.05) is 19.2 Å². The Balaban J connectivity index is 2.48. The molecular formula is C12H20N4O2. The first-order valence-corrected chi connectivity index (χ1v) is 6.14. The second kappa shape index (κ2) is 7.47. The van der Waals surface area contributed by atoms with Gasteiger partial charge in [0.05, 0.1) is 13.0 Å². The van der Waals surface area contributed by atoms with E-state index >= 15 is 0 Å². The van der Waals surface area contributed by atoms with E-state index in [1.807, 2.05) is 19.9 Å². The number of rotatable bonds is 7. The van der Waals surface area contributed by atoms with Crippen molar-refractivity contribution in [2.24, 2.45) is 0 Å². The summed E-state index contributed by atoms with van der Waals surface area (Å²) in [7, 11) is 0. The molecule has 0 aliphatic carbocycles. The average Bonchev–Trinajstić information content (AvgIpc) is 2.29. The molecule has 1 heterocycles. The predicted molar refractivity (Wildman–Crippen MR) is 70.7 cm³/mol. The number of nitrogens with zero attached hydrogens (tertiary/aromatic N) is 2. The molecule has 0 aliphatic heterocycles. The number of hydrogen-bond donors (Lipinski definition) is 2. The number of carbonyl (C=O) groups excluding carboxylic acids is 1. The number of aromatic nitrogens is 2. The van der Waals surface area contributed by atoms with Crippen LogP contribution in [0.3, 0.4) is 0 Å². The highest BCUT2D eigenvalue weighted by atomic mass is 16.5. The zero-order valence-electron chi connectivity index (χ0n) is 11.1. The molecule has 6 nitrogen and oxygen atoms in total. The van der Waals surface area contributed by atoms with E-state index in [9.17, 15) is 4.79 Å². The number of esters is 1. The van der Waals surface area contributed by atoms with E-state index in [4.69, 9.17) is 4.74 Å². The Kier molecular flexibility index (Phi) is 5.90. The van der Waals surface area contributed by atoms with Crippen LogP contribution in [0.1, 0.15) is 26.1 Å². The highest BCUT2D eigenvalue weighted by molar-refractivity contribution is 5.70. The fourth-order valence-corrected chi connectivity index (χ4v) is 1.46. The van der Waals surface area contributed by atoms with Gasteiger partial charge in [-0.05, 0) is 20.8 Å². The Bertz CT molecular complexity index is 396. The maximum Gasteiger partial charge on any atom is 0.307 e. The van der Waals surface area contributed by atoms with E-state index in [1.54, 1.807) is 6.92 Å². The van der Waals surface area contributed by atoms with Gasteiger partial charge in [-0.2, -0.15) is 0 Å². The van der Waals surface area contributed by atoms with Crippen molar-refractivity contribution in [1.29, 1.82) is 0 Å². The minimum Gasteiger partial charge on any atom is -0.466 e. The lowest BCUT2D eigenvalue weighted by Crippen LogP contribution is -2.13. The van der Waals surface area contributed by atoms with Gasteiger partial charge in [-0.3, -0.25) is 4.79 Å². The van der Waals surface area contributed by atoms with Gasteiger partial charge in [0.15, 0.2) is 0 Å². The zero-order chi connectivity index (χ0) is 13.4. The molecule has 0 bridgehead atoms. The molecule has 0 amide bonds. The van der Waals surface area contributed by atoms with Crippen molar-refractivity contribution in [2.75, 3.05) is 30.3 Å². The molecule has 0 aliphatic rings. The third-order valence-corrected chi connectivity index (χ3v) is 2.14. The summed E-state index contributed by atoms with van der Waals surface area (Å²) in [6, 6.07) is 1.82. The quantitative estimate of drug-likeness (QED) is 0.718. The molecule has 0 fully saturated rings. The van der Waals surface area contributed by atoms with Crippen molar-refractivity contribution in [3.63, 3.8) is 0 Å². The molecule has 0 saturated heterocycles. The van der Waals surface area contributed by atoms with Crippen LogP contribution in [0.5, 0.6) is 0 Å². The van der Waals surface area contributed by atoms with Crippen LogP contribution in [0.15, 0.2) is 6.07 Å². The Hall–Kier alpha value is -1.85. The first kappa shape index (κ1) is 14.2. The van der Waals surface area contributed by atoms with Crippen molar-refractivity contribution in [3.05, 3.63) is 11.9 Å². The maximum absolute atomic E-state index is 11.2. The van der Waals surface area contributed by atoms with Crippen molar-refractivity contribution in [1.82, 2.24) is 9.97 Å². The number of ether oxygens (including phenoxy) is 1.